The van der Waals surface area contributed by atoms with Gasteiger partial charge in [-0.2, -0.15) is 0 Å². The number of nitro benzene ring substituents is 1. The highest BCUT2D eigenvalue weighted by atomic mass is 32.2. The topological polar surface area (TPSA) is 98.5 Å². The Bertz CT molecular complexity index is 900. The van der Waals surface area contributed by atoms with E-state index in [0.29, 0.717) is 0 Å². The molecule has 2 aromatic rings. The number of nitro groups is 1. The minimum absolute atomic E-state index is 0.000782. The summed E-state index contributed by atoms with van der Waals surface area (Å²) in [4.78, 5) is 10.2. The molecule has 11 heteroatoms. The Hall–Kier alpha value is -2.66. The van der Waals surface area contributed by atoms with Crippen LogP contribution >= 0.6 is 0 Å². The lowest BCUT2D eigenvalue weighted by atomic mass is 10.2. The largest absolute Gasteiger partial charge is 0.573 e. The molecule has 0 aliphatic heterocycles. The predicted octanol–water partition coefficient (Wildman–Crippen LogP) is 3.11. The number of nitrogens with zero attached hydrogens (tertiary/aromatic N) is 1. The van der Waals surface area contributed by atoms with Crippen molar-refractivity contribution >= 4 is 15.7 Å². The lowest BCUT2D eigenvalue weighted by molar-refractivity contribution is -0.385. The van der Waals surface area contributed by atoms with Gasteiger partial charge in [-0.1, -0.05) is 30.3 Å². The van der Waals surface area contributed by atoms with Gasteiger partial charge in [0.05, 0.1) is 10.7 Å². The molecule has 0 aromatic heterocycles. The highest BCUT2D eigenvalue weighted by molar-refractivity contribution is 7.88. The number of hydrogen-bond acceptors (Lipinski definition) is 5. The van der Waals surface area contributed by atoms with Crippen LogP contribution in [0.5, 0.6) is 5.75 Å². The number of alkyl halides is 3. The van der Waals surface area contributed by atoms with Crippen LogP contribution in [0.4, 0.5) is 18.9 Å². The van der Waals surface area contributed by atoms with Crippen LogP contribution in [0.15, 0.2) is 48.5 Å². The fourth-order valence-corrected chi connectivity index (χ4v) is 3.25. The summed E-state index contributed by atoms with van der Waals surface area (Å²) in [6.45, 7) is -0.294. The number of para-hydroxylation sites is 1. The van der Waals surface area contributed by atoms with Crippen molar-refractivity contribution in [3.63, 3.8) is 0 Å². The van der Waals surface area contributed by atoms with Crippen molar-refractivity contribution in [2.75, 3.05) is 0 Å². The Morgan fingerprint density at radius 2 is 1.81 bits per heavy atom. The molecule has 0 spiro atoms. The number of sulfonamides is 1. The van der Waals surface area contributed by atoms with Gasteiger partial charge < -0.3 is 4.74 Å². The molecule has 7 nitrogen and oxygen atoms in total. The van der Waals surface area contributed by atoms with E-state index >= 15 is 0 Å². The molecule has 1 N–H and O–H groups in total. The van der Waals surface area contributed by atoms with Gasteiger partial charge in [0.15, 0.2) is 0 Å². The van der Waals surface area contributed by atoms with Gasteiger partial charge in [-0.3, -0.25) is 10.1 Å². The molecule has 0 heterocycles. The molecule has 0 fully saturated rings. The molecule has 140 valence electrons. The van der Waals surface area contributed by atoms with E-state index in [1.54, 1.807) is 0 Å². The Morgan fingerprint density at radius 1 is 1.12 bits per heavy atom. The van der Waals surface area contributed by atoms with Gasteiger partial charge >= 0.3 is 6.36 Å². The zero-order chi connectivity index (χ0) is 19.4. The monoisotopic (exact) mass is 390 g/mol. The number of nitrogens with one attached hydrogen (secondary N) is 1. The van der Waals surface area contributed by atoms with E-state index < -0.39 is 32.8 Å². The Balaban J connectivity index is 2.07. The average molecular weight is 390 g/mol. The Morgan fingerprint density at radius 3 is 2.46 bits per heavy atom. The number of rotatable bonds is 7. The third kappa shape index (κ3) is 6.01. The molecule has 0 amide bonds. The normalized spacial score (nSPS) is 12.0. The molecule has 26 heavy (non-hydrogen) atoms. The lowest BCUT2D eigenvalue weighted by Gasteiger charge is -2.11. The molecule has 0 saturated heterocycles. The first-order valence-corrected chi connectivity index (χ1v) is 8.75. The van der Waals surface area contributed by atoms with Crippen LogP contribution in [-0.4, -0.2) is 19.7 Å². The minimum Gasteiger partial charge on any atom is -0.406 e. The van der Waals surface area contributed by atoms with E-state index in [9.17, 15) is 31.7 Å². The van der Waals surface area contributed by atoms with Gasteiger partial charge in [0.2, 0.25) is 10.0 Å². The molecular weight excluding hydrogens is 377 g/mol. The van der Waals surface area contributed by atoms with Gasteiger partial charge in [0.25, 0.3) is 5.69 Å². The smallest absolute Gasteiger partial charge is 0.406 e. The minimum atomic E-state index is -4.86. The molecule has 0 unspecified atom stereocenters. The first kappa shape index (κ1) is 19.7. The average Bonchev–Trinajstić information content (AvgIpc) is 2.52. The number of benzene rings is 2. The number of hydrogen-bond donors (Lipinski definition) is 1. The van der Waals surface area contributed by atoms with E-state index in [2.05, 4.69) is 9.46 Å². The van der Waals surface area contributed by atoms with Gasteiger partial charge in [-0.15, -0.1) is 13.2 Å². The Kier molecular flexibility index (Phi) is 5.83. The number of ether oxygens (including phenoxy) is 1. The summed E-state index contributed by atoms with van der Waals surface area (Å²) in [5.74, 6) is -1.11. The second kappa shape index (κ2) is 7.70. The van der Waals surface area contributed by atoms with Crippen molar-refractivity contribution in [2.45, 2.75) is 18.7 Å². The Labute approximate surface area is 146 Å². The SMILES string of the molecule is O=[N+]([O-])c1ccccc1CS(=O)(=O)NCc1cccc(OC(F)(F)F)c1. The van der Waals surface area contributed by atoms with Crippen molar-refractivity contribution in [3.05, 3.63) is 69.8 Å². The van der Waals surface area contributed by atoms with E-state index in [-0.39, 0.29) is 23.4 Å². The van der Waals surface area contributed by atoms with Crippen LogP contribution in [0, 0.1) is 10.1 Å². The second-order valence-corrected chi connectivity index (χ2v) is 6.97. The molecule has 0 saturated carbocycles. The fraction of sp³-hybridized carbons (Fsp3) is 0.200. The summed E-state index contributed by atoms with van der Waals surface area (Å²) >= 11 is 0. The molecular formula is C15H13F3N2O5S. The lowest BCUT2D eigenvalue weighted by Crippen LogP contribution is -2.25. The van der Waals surface area contributed by atoms with E-state index in [4.69, 9.17) is 0 Å². The molecule has 0 radical (unpaired) electrons. The van der Waals surface area contributed by atoms with Gasteiger partial charge in [-0.25, -0.2) is 13.1 Å². The first-order valence-electron chi connectivity index (χ1n) is 7.10. The standard InChI is InChI=1S/C15H13F3N2O5S/c16-15(17,18)25-13-6-3-4-11(8-13)9-19-26(23,24)10-12-5-1-2-7-14(12)20(21)22/h1-8,19H,9-10H2. The van der Waals surface area contributed by atoms with Crippen molar-refractivity contribution in [1.82, 2.24) is 4.72 Å². The molecule has 0 aliphatic rings. The number of halogens is 3. The maximum Gasteiger partial charge on any atom is 0.573 e. The van der Waals surface area contributed by atoms with Crippen LogP contribution in [0.2, 0.25) is 0 Å². The van der Waals surface area contributed by atoms with Crippen LogP contribution in [-0.2, 0) is 22.3 Å². The van der Waals surface area contributed by atoms with Crippen molar-refractivity contribution in [3.8, 4) is 5.75 Å². The molecule has 0 bridgehead atoms. The molecule has 0 atom stereocenters. The maximum atomic E-state index is 12.2. The predicted molar refractivity (Wildman–Crippen MR) is 85.7 cm³/mol. The van der Waals surface area contributed by atoms with Crippen molar-refractivity contribution in [2.24, 2.45) is 0 Å². The fourth-order valence-electron chi connectivity index (χ4n) is 2.11. The summed E-state index contributed by atoms with van der Waals surface area (Å²) in [5, 5.41) is 10.9. The van der Waals surface area contributed by atoms with Crippen LogP contribution in [0.3, 0.4) is 0 Å². The highest BCUT2D eigenvalue weighted by Crippen LogP contribution is 2.24. The third-order valence-corrected chi connectivity index (χ3v) is 4.44. The van der Waals surface area contributed by atoms with Gasteiger partial charge in [0, 0.05) is 18.2 Å². The summed E-state index contributed by atoms with van der Waals surface area (Å²) < 4.78 is 66.8. The van der Waals surface area contributed by atoms with E-state index in [1.165, 1.54) is 36.4 Å². The quantitative estimate of drug-likeness (QED) is 0.579. The zero-order valence-corrected chi connectivity index (χ0v) is 13.9. The van der Waals surface area contributed by atoms with Crippen LogP contribution in [0.25, 0.3) is 0 Å². The summed E-state index contributed by atoms with van der Waals surface area (Å²) in [5.41, 5.74) is -0.101. The van der Waals surface area contributed by atoms with E-state index in [1.807, 2.05) is 0 Å². The first-order chi connectivity index (χ1) is 12.1. The summed E-state index contributed by atoms with van der Waals surface area (Å²) in [6.07, 6.45) is -4.86. The maximum absolute atomic E-state index is 12.2. The van der Waals surface area contributed by atoms with Gasteiger partial charge in [0.1, 0.15) is 5.75 Å². The summed E-state index contributed by atoms with van der Waals surface area (Å²) in [6, 6.07) is 10.2. The van der Waals surface area contributed by atoms with E-state index in [0.717, 1.165) is 12.1 Å². The van der Waals surface area contributed by atoms with Crippen molar-refractivity contribution in [1.29, 1.82) is 0 Å². The molecule has 2 aromatic carbocycles. The second-order valence-electron chi connectivity index (χ2n) is 5.16. The molecule has 2 rings (SSSR count). The van der Waals surface area contributed by atoms with Crippen LogP contribution in [0.1, 0.15) is 11.1 Å². The van der Waals surface area contributed by atoms with Crippen molar-refractivity contribution < 1.29 is 31.2 Å². The summed E-state index contributed by atoms with van der Waals surface area (Å²) in [7, 11) is -3.95. The third-order valence-electron chi connectivity index (χ3n) is 3.16. The zero-order valence-electron chi connectivity index (χ0n) is 13.1. The van der Waals surface area contributed by atoms with Crippen LogP contribution < -0.4 is 9.46 Å². The van der Waals surface area contributed by atoms with Gasteiger partial charge in [-0.05, 0) is 17.7 Å². The highest BCUT2D eigenvalue weighted by Gasteiger charge is 2.31. The molecule has 0 aliphatic carbocycles.